The lowest BCUT2D eigenvalue weighted by atomic mass is 10.2. The second-order valence-corrected chi connectivity index (χ2v) is 10.5. The molecule has 29 heavy (non-hydrogen) atoms. The Morgan fingerprint density at radius 2 is 1.86 bits per heavy atom. The molecule has 4 rings (SSSR count). The van der Waals surface area contributed by atoms with Gasteiger partial charge >= 0.3 is 0 Å². The number of rotatable bonds is 5. The largest absolute Gasteiger partial charge is 0.489 e. The molecule has 0 saturated carbocycles. The molecule has 2 aliphatic heterocycles. The summed E-state index contributed by atoms with van der Waals surface area (Å²) in [6.07, 6.45) is 0. The molecule has 0 unspecified atom stereocenters. The van der Waals surface area contributed by atoms with Crippen molar-refractivity contribution >= 4 is 50.0 Å². The lowest BCUT2D eigenvalue weighted by Crippen LogP contribution is -2.37. The fourth-order valence-corrected chi connectivity index (χ4v) is 7.44. The van der Waals surface area contributed by atoms with Gasteiger partial charge in [0.1, 0.15) is 18.2 Å². The zero-order chi connectivity index (χ0) is 20.4. The van der Waals surface area contributed by atoms with Crippen LogP contribution in [0.3, 0.4) is 0 Å². The van der Waals surface area contributed by atoms with E-state index in [4.69, 9.17) is 16.3 Å². The van der Waals surface area contributed by atoms with Crippen LogP contribution in [0.1, 0.15) is 5.56 Å². The van der Waals surface area contributed by atoms with Crippen molar-refractivity contribution < 1.29 is 17.9 Å². The van der Waals surface area contributed by atoms with Crippen LogP contribution in [0.15, 0.2) is 59.6 Å². The summed E-state index contributed by atoms with van der Waals surface area (Å²) >= 11 is 6.93. The fraction of sp³-hybridized carbons (Fsp3) is 0.300. The number of halogens is 1. The van der Waals surface area contributed by atoms with Crippen molar-refractivity contribution in [3.63, 3.8) is 0 Å². The molecule has 6 nitrogen and oxygen atoms in total. The molecule has 2 heterocycles. The van der Waals surface area contributed by atoms with E-state index in [-0.39, 0.29) is 28.7 Å². The number of sulfone groups is 1. The molecule has 2 atom stereocenters. The monoisotopic (exact) mass is 450 g/mol. The number of alkyl halides is 1. The maximum Gasteiger partial charge on any atom is 0.262 e. The molecule has 2 fully saturated rings. The summed E-state index contributed by atoms with van der Waals surface area (Å²) in [4.78, 5) is 17.7. The molecule has 0 spiro atoms. The predicted octanol–water partition coefficient (Wildman–Crippen LogP) is 3.11. The quantitative estimate of drug-likeness (QED) is 0.651. The average molecular weight is 451 g/mol. The highest BCUT2D eigenvalue weighted by molar-refractivity contribution is 8.16. The molecule has 9 heteroatoms. The van der Waals surface area contributed by atoms with E-state index in [1.807, 2.05) is 59.5 Å². The van der Waals surface area contributed by atoms with Gasteiger partial charge in [-0.15, -0.1) is 11.6 Å². The SMILES string of the molecule is O=C(CCl)N=C1S[C@H]2CS(=O)(=O)C[C@@H]2N1c1ccc(OCc2ccccc2)cc1. The topological polar surface area (TPSA) is 76.0 Å². The van der Waals surface area contributed by atoms with Crippen molar-refractivity contribution in [2.24, 2.45) is 4.99 Å². The Morgan fingerprint density at radius 1 is 1.14 bits per heavy atom. The first-order chi connectivity index (χ1) is 13.9. The normalized spacial score (nSPS) is 23.9. The first-order valence-electron chi connectivity index (χ1n) is 9.06. The first-order valence-corrected chi connectivity index (χ1v) is 12.3. The van der Waals surface area contributed by atoms with Crippen molar-refractivity contribution in [2.45, 2.75) is 17.9 Å². The molecule has 2 aliphatic rings. The van der Waals surface area contributed by atoms with Crippen LogP contribution in [0.2, 0.25) is 0 Å². The zero-order valence-corrected chi connectivity index (χ0v) is 17.8. The van der Waals surface area contributed by atoms with Gasteiger partial charge in [-0.25, -0.2) is 8.42 Å². The number of fused-ring (bicyclic) bond motifs is 1. The van der Waals surface area contributed by atoms with Crippen molar-refractivity contribution in [3.8, 4) is 5.75 Å². The van der Waals surface area contributed by atoms with Gasteiger partial charge in [0.05, 0.1) is 17.5 Å². The summed E-state index contributed by atoms with van der Waals surface area (Å²) in [6, 6.07) is 17.0. The van der Waals surface area contributed by atoms with Gasteiger partial charge in [-0.1, -0.05) is 42.1 Å². The number of amides is 1. The zero-order valence-electron chi connectivity index (χ0n) is 15.4. The summed E-state index contributed by atoms with van der Waals surface area (Å²) in [5.74, 6) is 0.189. The second-order valence-electron chi connectivity index (χ2n) is 6.86. The molecular weight excluding hydrogens is 432 g/mol. The number of anilines is 1. The van der Waals surface area contributed by atoms with Gasteiger partial charge in [-0.2, -0.15) is 4.99 Å². The third-order valence-electron chi connectivity index (χ3n) is 4.76. The average Bonchev–Trinajstić information content (AvgIpc) is 3.18. The minimum Gasteiger partial charge on any atom is -0.489 e. The van der Waals surface area contributed by atoms with E-state index >= 15 is 0 Å². The summed E-state index contributed by atoms with van der Waals surface area (Å²) in [7, 11) is -3.10. The second kappa shape index (κ2) is 8.38. The number of benzene rings is 2. The van der Waals surface area contributed by atoms with Gasteiger partial charge in [0.25, 0.3) is 5.91 Å². The summed E-state index contributed by atoms with van der Waals surface area (Å²) in [5.41, 5.74) is 1.84. The van der Waals surface area contributed by atoms with Gasteiger partial charge in [0, 0.05) is 10.9 Å². The van der Waals surface area contributed by atoms with Crippen LogP contribution in [0.4, 0.5) is 5.69 Å². The third kappa shape index (κ3) is 4.60. The van der Waals surface area contributed by atoms with Gasteiger partial charge in [-0.05, 0) is 29.8 Å². The lowest BCUT2D eigenvalue weighted by Gasteiger charge is -2.24. The number of carbonyl (C=O) groups is 1. The molecule has 0 bridgehead atoms. The predicted molar refractivity (Wildman–Crippen MR) is 117 cm³/mol. The van der Waals surface area contributed by atoms with Crippen LogP contribution in [0, 0.1) is 0 Å². The number of ether oxygens (including phenoxy) is 1. The highest BCUT2D eigenvalue weighted by atomic mass is 35.5. The third-order valence-corrected chi connectivity index (χ3v) is 8.20. The number of hydrogen-bond donors (Lipinski definition) is 0. The number of thioether (sulfide) groups is 1. The van der Waals surface area contributed by atoms with E-state index in [1.165, 1.54) is 11.8 Å². The number of hydrogen-bond acceptors (Lipinski definition) is 5. The van der Waals surface area contributed by atoms with E-state index in [0.717, 1.165) is 11.3 Å². The summed E-state index contributed by atoms with van der Waals surface area (Å²) in [6.45, 7) is 0.458. The highest BCUT2D eigenvalue weighted by Crippen LogP contribution is 2.41. The molecule has 1 amide bonds. The van der Waals surface area contributed by atoms with Crippen LogP contribution in [-0.2, 0) is 21.2 Å². The Balaban J connectivity index is 1.55. The molecule has 2 saturated heterocycles. The summed E-state index contributed by atoms with van der Waals surface area (Å²) in [5, 5.41) is 0.356. The van der Waals surface area contributed by atoms with E-state index in [2.05, 4.69) is 4.99 Å². The van der Waals surface area contributed by atoms with Crippen molar-refractivity contribution in [2.75, 3.05) is 22.3 Å². The Morgan fingerprint density at radius 3 is 2.55 bits per heavy atom. The molecule has 2 aromatic carbocycles. The minimum atomic E-state index is -3.10. The smallest absolute Gasteiger partial charge is 0.262 e. The summed E-state index contributed by atoms with van der Waals surface area (Å²) < 4.78 is 30.0. The fourth-order valence-electron chi connectivity index (χ4n) is 3.45. The maximum atomic E-state index is 12.1. The van der Waals surface area contributed by atoms with E-state index in [9.17, 15) is 13.2 Å². The van der Waals surface area contributed by atoms with Crippen LogP contribution >= 0.6 is 23.4 Å². The molecule has 0 N–H and O–H groups in total. The van der Waals surface area contributed by atoms with Crippen molar-refractivity contribution in [1.29, 1.82) is 0 Å². The van der Waals surface area contributed by atoms with Gasteiger partial charge in [0.2, 0.25) is 0 Å². The lowest BCUT2D eigenvalue weighted by molar-refractivity contribution is -0.115. The first kappa shape index (κ1) is 20.3. The Bertz CT molecular complexity index is 1030. The van der Waals surface area contributed by atoms with Crippen LogP contribution in [-0.4, -0.2) is 48.2 Å². The Kier molecular flexibility index (Phi) is 5.85. The Labute approximate surface area is 178 Å². The highest BCUT2D eigenvalue weighted by Gasteiger charge is 2.49. The molecule has 152 valence electrons. The number of nitrogens with zero attached hydrogens (tertiary/aromatic N) is 2. The standard InChI is InChI=1S/C20H19ClN2O4S2/c21-10-19(24)22-20-23(17-12-29(25,26)13-18(17)28-20)15-6-8-16(9-7-15)27-11-14-4-2-1-3-5-14/h1-9,17-18H,10-13H2/t17-,18-/m0/s1. The molecule has 0 aromatic heterocycles. The molecule has 0 aliphatic carbocycles. The van der Waals surface area contributed by atoms with E-state index in [1.54, 1.807) is 0 Å². The van der Waals surface area contributed by atoms with E-state index < -0.39 is 15.7 Å². The van der Waals surface area contributed by atoms with Gasteiger partial charge in [0.15, 0.2) is 15.0 Å². The van der Waals surface area contributed by atoms with Crippen LogP contribution in [0.25, 0.3) is 0 Å². The van der Waals surface area contributed by atoms with Crippen molar-refractivity contribution in [3.05, 3.63) is 60.2 Å². The van der Waals surface area contributed by atoms with E-state index in [0.29, 0.717) is 17.5 Å². The maximum absolute atomic E-state index is 12.1. The van der Waals surface area contributed by atoms with Crippen molar-refractivity contribution in [1.82, 2.24) is 0 Å². The van der Waals surface area contributed by atoms with Crippen LogP contribution < -0.4 is 9.64 Å². The minimum absolute atomic E-state index is 0.0466. The van der Waals surface area contributed by atoms with Gasteiger partial charge < -0.3 is 9.64 Å². The molecule has 2 aromatic rings. The van der Waals surface area contributed by atoms with Gasteiger partial charge in [-0.3, -0.25) is 4.79 Å². The number of carbonyl (C=O) groups excluding carboxylic acids is 1. The molecule has 0 radical (unpaired) electrons. The number of aliphatic imine (C=N–C) groups is 1. The number of amidine groups is 1. The van der Waals surface area contributed by atoms with Crippen LogP contribution in [0.5, 0.6) is 5.75 Å². The molecular formula is C20H19ClN2O4S2. The Hall–Kier alpha value is -2.03.